The van der Waals surface area contributed by atoms with E-state index in [0.29, 0.717) is 5.76 Å². The number of rotatable bonds is 4. The summed E-state index contributed by atoms with van der Waals surface area (Å²) in [6, 6.07) is 16.0. The summed E-state index contributed by atoms with van der Waals surface area (Å²) in [5.74, 6) is -0.464. The molecule has 0 bridgehead atoms. The molecule has 3 rings (SSSR count). The standard InChI is InChI=1S/C24H26O3/c1-15(25)22(16(2)26)23-20-9-7-6-8-18(20)14-21(27-23)17-10-12-19(13-11-17)24(3,4)5/h6-14,22-23H,1-5H3/t23-/m1/s1. The van der Waals surface area contributed by atoms with E-state index in [1.54, 1.807) is 0 Å². The Hall–Kier alpha value is -2.68. The molecule has 1 atom stereocenters. The van der Waals surface area contributed by atoms with Gasteiger partial charge in [0.1, 0.15) is 29.3 Å². The summed E-state index contributed by atoms with van der Waals surface area (Å²) in [4.78, 5) is 24.3. The molecule has 0 unspecified atom stereocenters. The normalized spacial score (nSPS) is 16.4. The van der Waals surface area contributed by atoms with Gasteiger partial charge < -0.3 is 4.74 Å². The molecule has 3 heteroatoms. The lowest BCUT2D eigenvalue weighted by Crippen LogP contribution is -2.30. The molecule has 27 heavy (non-hydrogen) atoms. The second-order valence-electron chi connectivity index (χ2n) is 8.20. The van der Waals surface area contributed by atoms with Crippen molar-refractivity contribution in [3.05, 3.63) is 70.8 Å². The number of benzene rings is 2. The van der Waals surface area contributed by atoms with Crippen molar-refractivity contribution in [2.45, 2.75) is 46.1 Å². The lowest BCUT2D eigenvalue weighted by atomic mass is 9.84. The SMILES string of the molecule is CC(=O)C(C(C)=O)[C@@H]1OC(c2ccc(C(C)(C)C)cc2)=Cc2ccccc21. The Morgan fingerprint density at radius 3 is 2.07 bits per heavy atom. The van der Waals surface area contributed by atoms with E-state index in [1.165, 1.54) is 19.4 Å². The van der Waals surface area contributed by atoms with Crippen LogP contribution in [0.25, 0.3) is 11.8 Å². The molecule has 140 valence electrons. The molecule has 1 aliphatic heterocycles. The number of ketones is 2. The highest BCUT2D eigenvalue weighted by Gasteiger charge is 2.36. The molecule has 0 aromatic heterocycles. The lowest BCUT2D eigenvalue weighted by molar-refractivity contribution is -0.135. The average Bonchev–Trinajstić information content (AvgIpc) is 2.60. The Balaban J connectivity index is 2.04. The zero-order chi connectivity index (χ0) is 19.8. The summed E-state index contributed by atoms with van der Waals surface area (Å²) in [6.45, 7) is 9.43. The number of carbonyl (C=O) groups is 2. The Morgan fingerprint density at radius 2 is 1.52 bits per heavy atom. The van der Waals surface area contributed by atoms with Gasteiger partial charge in [0.25, 0.3) is 0 Å². The molecule has 0 radical (unpaired) electrons. The molecule has 2 aromatic rings. The summed E-state index contributed by atoms with van der Waals surface area (Å²) in [6.07, 6.45) is 1.38. The number of fused-ring (bicyclic) bond motifs is 1. The van der Waals surface area contributed by atoms with Crippen LogP contribution in [0.15, 0.2) is 48.5 Å². The predicted molar refractivity (Wildman–Crippen MR) is 108 cm³/mol. The monoisotopic (exact) mass is 362 g/mol. The summed E-state index contributed by atoms with van der Waals surface area (Å²) in [5.41, 5.74) is 4.11. The highest BCUT2D eigenvalue weighted by Crippen LogP contribution is 2.40. The molecule has 2 aromatic carbocycles. The number of hydrogen-bond acceptors (Lipinski definition) is 3. The van der Waals surface area contributed by atoms with Gasteiger partial charge in [-0.1, -0.05) is 69.3 Å². The van der Waals surface area contributed by atoms with Crippen molar-refractivity contribution in [2.75, 3.05) is 0 Å². The van der Waals surface area contributed by atoms with Crippen molar-refractivity contribution < 1.29 is 14.3 Å². The van der Waals surface area contributed by atoms with Crippen LogP contribution in [0.5, 0.6) is 0 Å². The minimum atomic E-state index is -0.802. The first-order valence-corrected chi connectivity index (χ1v) is 9.27. The highest BCUT2D eigenvalue weighted by molar-refractivity contribution is 6.01. The summed E-state index contributed by atoms with van der Waals surface area (Å²) in [7, 11) is 0. The first kappa shape index (κ1) is 19.1. The van der Waals surface area contributed by atoms with Crippen LogP contribution in [-0.2, 0) is 19.7 Å². The zero-order valence-corrected chi connectivity index (χ0v) is 16.6. The van der Waals surface area contributed by atoms with E-state index in [9.17, 15) is 9.59 Å². The molecule has 0 N–H and O–H groups in total. The van der Waals surface area contributed by atoms with Crippen LogP contribution >= 0.6 is 0 Å². The van der Waals surface area contributed by atoms with Crippen LogP contribution in [-0.4, -0.2) is 11.6 Å². The maximum absolute atomic E-state index is 12.2. The third-order valence-electron chi connectivity index (χ3n) is 5.06. The topological polar surface area (TPSA) is 43.4 Å². The van der Waals surface area contributed by atoms with E-state index in [-0.39, 0.29) is 17.0 Å². The Kier molecular flexibility index (Phi) is 5.05. The molecule has 0 saturated heterocycles. The van der Waals surface area contributed by atoms with E-state index >= 15 is 0 Å². The highest BCUT2D eigenvalue weighted by atomic mass is 16.5. The molecule has 1 aliphatic rings. The quantitative estimate of drug-likeness (QED) is 0.689. The number of hydrogen-bond donors (Lipinski definition) is 0. The Bertz CT molecular complexity index is 884. The van der Waals surface area contributed by atoms with Crippen molar-refractivity contribution in [1.29, 1.82) is 0 Å². The molecule has 3 nitrogen and oxygen atoms in total. The lowest BCUT2D eigenvalue weighted by Gasteiger charge is -2.31. The van der Waals surface area contributed by atoms with E-state index in [1.807, 2.05) is 42.5 Å². The van der Waals surface area contributed by atoms with Crippen molar-refractivity contribution in [1.82, 2.24) is 0 Å². The van der Waals surface area contributed by atoms with Crippen molar-refractivity contribution in [2.24, 2.45) is 5.92 Å². The van der Waals surface area contributed by atoms with E-state index < -0.39 is 12.0 Å². The largest absolute Gasteiger partial charge is 0.484 e. The van der Waals surface area contributed by atoms with Crippen molar-refractivity contribution in [3.8, 4) is 0 Å². The minimum absolute atomic E-state index is 0.0732. The van der Waals surface area contributed by atoms with Gasteiger partial charge in [0, 0.05) is 11.1 Å². The Morgan fingerprint density at radius 1 is 0.926 bits per heavy atom. The number of carbonyl (C=O) groups excluding carboxylic acids is 2. The van der Waals surface area contributed by atoms with E-state index in [2.05, 4.69) is 32.9 Å². The van der Waals surface area contributed by atoms with Gasteiger partial charge in [-0.25, -0.2) is 0 Å². The molecular weight excluding hydrogens is 336 g/mol. The maximum Gasteiger partial charge on any atom is 0.144 e. The predicted octanol–water partition coefficient (Wildman–Crippen LogP) is 5.35. The van der Waals surface area contributed by atoms with Gasteiger partial charge in [-0.15, -0.1) is 0 Å². The summed E-state index contributed by atoms with van der Waals surface area (Å²) >= 11 is 0. The van der Waals surface area contributed by atoms with Gasteiger partial charge in [0.2, 0.25) is 0 Å². The first-order valence-electron chi connectivity index (χ1n) is 9.27. The smallest absolute Gasteiger partial charge is 0.144 e. The van der Waals surface area contributed by atoms with E-state index in [0.717, 1.165) is 16.7 Å². The van der Waals surface area contributed by atoms with E-state index in [4.69, 9.17) is 4.74 Å². The fourth-order valence-electron chi connectivity index (χ4n) is 3.52. The molecule has 0 fully saturated rings. The molecule has 1 heterocycles. The molecule has 0 amide bonds. The van der Waals surface area contributed by atoms with Crippen LogP contribution in [0, 0.1) is 5.92 Å². The van der Waals surface area contributed by atoms with Crippen LogP contribution < -0.4 is 0 Å². The second-order valence-corrected chi connectivity index (χ2v) is 8.20. The maximum atomic E-state index is 12.2. The van der Waals surface area contributed by atoms with Crippen molar-refractivity contribution >= 4 is 23.4 Å². The van der Waals surface area contributed by atoms with Gasteiger partial charge >= 0.3 is 0 Å². The summed E-state index contributed by atoms with van der Waals surface area (Å²) in [5, 5.41) is 0. The summed E-state index contributed by atoms with van der Waals surface area (Å²) < 4.78 is 6.23. The number of Topliss-reactive ketones (excluding diaryl/α,β-unsaturated/α-hetero) is 2. The first-order chi connectivity index (χ1) is 12.7. The van der Waals surface area contributed by atoms with Gasteiger partial charge in [0.05, 0.1) is 0 Å². The Labute approximate surface area is 161 Å². The van der Waals surface area contributed by atoms with Crippen LogP contribution in [0.4, 0.5) is 0 Å². The minimum Gasteiger partial charge on any atom is -0.484 e. The number of ether oxygens (including phenoxy) is 1. The van der Waals surface area contributed by atoms with Gasteiger partial charge in [-0.2, -0.15) is 0 Å². The van der Waals surface area contributed by atoms with Gasteiger partial charge in [-0.3, -0.25) is 9.59 Å². The fraction of sp³-hybridized carbons (Fsp3) is 0.333. The zero-order valence-electron chi connectivity index (χ0n) is 16.6. The second kappa shape index (κ2) is 7.15. The third kappa shape index (κ3) is 3.87. The molecular formula is C24H26O3. The van der Waals surface area contributed by atoms with Gasteiger partial charge in [0.15, 0.2) is 0 Å². The molecule has 0 spiro atoms. The fourth-order valence-corrected chi connectivity index (χ4v) is 3.52. The third-order valence-corrected chi connectivity index (χ3v) is 5.06. The van der Waals surface area contributed by atoms with Gasteiger partial charge in [-0.05, 0) is 36.5 Å². The van der Waals surface area contributed by atoms with Crippen LogP contribution in [0.3, 0.4) is 0 Å². The molecule has 0 aliphatic carbocycles. The van der Waals surface area contributed by atoms with Crippen LogP contribution in [0.1, 0.15) is 63.0 Å². The van der Waals surface area contributed by atoms with Crippen molar-refractivity contribution in [3.63, 3.8) is 0 Å². The van der Waals surface area contributed by atoms with Crippen LogP contribution in [0.2, 0.25) is 0 Å². The molecule has 0 saturated carbocycles. The average molecular weight is 362 g/mol.